The fourth-order valence-electron chi connectivity index (χ4n) is 6.66. The number of nitrogens with one attached hydrogen (secondary N) is 1. The summed E-state index contributed by atoms with van der Waals surface area (Å²) in [6, 6.07) is 21.8. The number of hydrogen-bond acceptors (Lipinski definition) is 7. The van der Waals surface area contributed by atoms with E-state index >= 15 is 0 Å². The molecule has 0 aromatic heterocycles. The number of aryl methyl sites for hydroxylation is 1. The van der Waals surface area contributed by atoms with Crippen LogP contribution in [0.4, 0.5) is 15.3 Å². The number of benzene rings is 3. The van der Waals surface area contributed by atoms with Gasteiger partial charge in [-0.15, -0.1) is 0 Å². The van der Waals surface area contributed by atoms with Gasteiger partial charge in [0.25, 0.3) is 11.8 Å². The van der Waals surface area contributed by atoms with E-state index in [1.54, 1.807) is 28.9 Å². The molecule has 0 aliphatic carbocycles. The molecule has 2 heterocycles. The average molecular weight is 699 g/mol. The second-order valence-corrected chi connectivity index (χ2v) is 14.6. The van der Waals surface area contributed by atoms with Crippen molar-refractivity contribution in [3.05, 3.63) is 95.1 Å². The Kier molecular flexibility index (Phi) is 11.3. The summed E-state index contributed by atoms with van der Waals surface area (Å²) in [5, 5.41) is 2.76. The van der Waals surface area contributed by atoms with Crippen molar-refractivity contribution in [2.75, 3.05) is 31.1 Å². The number of anilines is 1. The predicted molar refractivity (Wildman–Crippen MR) is 195 cm³/mol. The standard InChI is InChI=1S/C40H50N4O7/c1-27(2)44(31-19-14-21-42(25-31)38(48)51-39(4,5)6)35(45)32-24-33-34(23-28(32)3)50-40(7,30-17-12-9-13-18-30)36(46)43(33)22-20-41-37(47)49-26-29-15-10-8-11-16-29/h8-13,15-18,23-24,27,31H,14,19-22,25-26H2,1-7H3,(H,41,47)/t31-,40?/m1/s1. The SMILES string of the molecule is Cc1cc2c(cc1C(=O)N(C(C)C)[C@@H]1CCCN(C(=O)OC(C)(C)C)C1)N(CCNC(=O)OCc1ccccc1)C(=O)C(C)(c1ccccc1)O2. The molecule has 2 aliphatic rings. The van der Waals surface area contributed by atoms with E-state index in [9.17, 15) is 19.2 Å². The predicted octanol–water partition coefficient (Wildman–Crippen LogP) is 6.81. The van der Waals surface area contributed by atoms with Gasteiger partial charge in [0.2, 0.25) is 5.60 Å². The fraction of sp³-hybridized carbons (Fsp3) is 0.450. The smallest absolute Gasteiger partial charge is 0.410 e. The number of fused-ring (bicyclic) bond motifs is 1. The molecule has 1 unspecified atom stereocenters. The van der Waals surface area contributed by atoms with Crippen LogP contribution in [0.1, 0.15) is 81.4 Å². The minimum atomic E-state index is -1.35. The highest BCUT2D eigenvalue weighted by Crippen LogP contribution is 2.44. The summed E-state index contributed by atoms with van der Waals surface area (Å²) in [5.41, 5.74) is 1.11. The Hall–Kier alpha value is -5.06. The van der Waals surface area contributed by atoms with E-state index in [4.69, 9.17) is 14.2 Å². The van der Waals surface area contributed by atoms with Gasteiger partial charge in [-0.1, -0.05) is 60.7 Å². The summed E-state index contributed by atoms with van der Waals surface area (Å²) < 4.78 is 17.5. The van der Waals surface area contributed by atoms with Gasteiger partial charge in [0.1, 0.15) is 18.0 Å². The molecule has 0 radical (unpaired) electrons. The number of alkyl carbamates (subject to hydrolysis) is 1. The van der Waals surface area contributed by atoms with Gasteiger partial charge in [-0.2, -0.15) is 0 Å². The molecule has 51 heavy (non-hydrogen) atoms. The van der Waals surface area contributed by atoms with Crippen molar-refractivity contribution in [2.24, 2.45) is 0 Å². The van der Waals surface area contributed by atoms with Crippen LogP contribution < -0.4 is 15.0 Å². The van der Waals surface area contributed by atoms with Crippen molar-refractivity contribution < 1.29 is 33.4 Å². The molecule has 1 saturated heterocycles. The third kappa shape index (κ3) is 8.64. The Labute approximate surface area is 300 Å². The largest absolute Gasteiger partial charge is 0.471 e. The number of likely N-dealkylation sites (tertiary alicyclic amines) is 1. The van der Waals surface area contributed by atoms with E-state index in [-0.39, 0.29) is 43.6 Å². The molecule has 272 valence electrons. The van der Waals surface area contributed by atoms with E-state index in [1.165, 1.54) is 0 Å². The van der Waals surface area contributed by atoms with Gasteiger partial charge >= 0.3 is 12.2 Å². The van der Waals surface area contributed by atoms with Crippen LogP contribution in [0.25, 0.3) is 0 Å². The summed E-state index contributed by atoms with van der Waals surface area (Å²) in [4.78, 5) is 59.5. The van der Waals surface area contributed by atoms with Crippen molar-refractivity contribution in [3.63, 3.8) is 0 Å². The summed E-state index contributed by atoms with van der Waals surface area (Å²) in [6.07, 6.45) is 0.477. The van der Waals surface area contributed by atoms with Crippen molar-refractivity contribution in [1.29, 1.82) is 0 Å². The maximum Gasteiger partial charge on any atom is 0.410 e. The molecule has 2 atom stereocenters. The van der Waals surface area contributed by atoms with Gasteiger partial charge in [0.05, 0.1) is 11.7 Å². The molecule has 11 nitrogen and oxygen atoms in total. The first-order valence-electron chi connectivity index (χ1n) is 17.6. The lowest BCUT2D eigenvalue weighted by atomic mass is 9.91. The molecule has 4 amide bonds. The minimum Gasteiger partial charge on any atom is -0.471 e. The Morgan fingerprint density at radius 1 is 1.04 bits per heavy atom. The second-order valence-electron chi connectivity index (χ2n) is 14.6. The molecule has 1 fully saturated rings. The minimum absolute atomic E-state index is 0.0987. The number of piperidine rings is 1. The van der Waals surface area contributed by atoms with Gasteiger partial charge in [0.15, 0.2) is 0 Å². The molecule has 5 rings (SSSR count). The number of carbonyl (C=O) groups excluding carboxylic acids is 4. The lowest BCUT2D eigenvalue weighted by molar-refractivity contribution is -0.135. The van der Waals surface area contributed by atoms with Crippen LogP contribution >= 0.6 is 0 Å². The van der Waals surface area contributed by atoms with Gasteiger partial charge in [-0.05, 0) is 84.6 Å². The van der Waals surface area contributed by atoms with Gasteiger partial charge in [-0.25, -0.2) is 9.59 Å². The number of nitrogens with zero attached hydrogens (tertiary/aromatic N) is 3. The number of rotatable bonds is 9. The van der Waals surface area contributed by atoms with Crippen molar-refractivity contribution in [3.8, 4) is 5.75 Å². The van der Waals surface area contributed by atoms with Crippen molar-refractivity contribution in [2.45, 2.75) is 91.2 Å². The average Bonchev–Trinajstić information content (AvgIpc) is 3.09. The molecular weight excluding hydrogens is 648 g/mol. The van der Waals surface area contributed by atoms with Crippen molar-refractivity contribution >= 4 is 29.7 Å². The molecule has 1 N–H and O–H groups in total. The Balaban J connectivity index is 1.41. The normalized spacial score (nSPS) is 18.8. The van der Waals surface area contributed by atoms with Gasteiger partial charge < -0.3 is 34.2 Å². The zero-order valence-electron chi connectivity index (χ0n) is 30.7. The molecule has 3 aromatic carbocycles. The van der Waals surface area contributed by atoms with E-state index in [2.05, 4.69) is 5.32 Å². The molecule has 0 spiro atoms. The summed E-state index contributed by atoms with van der Waals surface area (Å²) >= 11 is 0. The monoisotopic (exact) mass is 698 g/mol. The summed E-state index contributed by atoms with van der Waals surface area (Å²) in [5.74, 6) is -0.0804. The Bertz CT molecular complexity index is 1720. The quantitative estimate of drug-likeness (QED) is 0.261. The van der Waals surface area contributed by atoms with Crippen LogP contribution in [0.5, 0.6) is 5.75 Å². The number of ether oxygens (including phenoxy) is 3. The highest BCUT2D eigenvalue weighted by molar-refractivity contribution is 6.05. The topological polar surface area (TPSA) is 118 Å². The molecule has 11 heteroatoms. The fourth-order valence-corrected chi connectivity index (χ4v) is 6.66. The van der Waals surface area contributed by atoms with Crippen LogP contribution in [-0.4, -0.2) is 77.7 Å². The molecule has 0 saturated carbocycles. The van der Waals surface area contributed by atoms with Crippen molar-refractivity contribution in [1.82, 2.24) is 15.1 Å². The zero-order chi connectivity index (χ0) is 36.9. The number of carbonyl (C=O) groups is 4. The van der Waals surface area contributed by atoms with Gasteiger partial charge in [-0.3, -0.25) is 9.59 Å². The molecule has 3 aromatic rings. The third-order valence-electron chi connectivity index (χ3n) is 9.17. The molecule has 2 aliphatic heterocycles. The maximum absolute atomic E-state index is 14.5. The van der Waals surface area contributed by atoms with Crippen LogP contribution in [0.15, 0.2) is 72.8 Å². The van der Waals surface area contributed by atoms with Crippen LogP contribution in [0.3, 0.4) is 0 Å². The lowest BCUT2D eigenvalue weighted by Crippen LogP contribution is -2.55. The first-order chi connectivity index (χ1) is 24.2. The Morgan fingerprint density at radius 2 is 1.71 bits per heavy atom. The van der Waals surface area contributed by atoms with Crippen LogP contribution in [0.2, 0.25) is 0 Å². The van der Waals surface area contributed by atoms with Gasteiger partial charge in [0, 0.05) is 43.3 Å². The van der Waals surface area contributed by atoms with Crippen LogP contribution in [0, 0.1) is 6.92 Å². The van der Waals surface area contributed by atoms with E-state index in [1.807, 2.05) is 107 Å². The van der Waals surface area contributed by atoms with E-state index < -0.39 is 23.4 Å². The van der Waals surface area contributed by atoms with E-state index in [0.29, 0.717) is 41.2 Å². The lowest BCUT2D eigenvalue weighted by Gasteiger charge is -2.43. The first-order valence-corrected chi connectivity index (χ1v) is 17.6. The maximum atomic E-state index is 14.5. The molecule has 0 bridgehead atoms. The highest BCUT2D eigenvalue weighted by atomic mass is 16.6. The highest BCUT2D eigenvalue weighted by Gasteiger charge is 2.46. The summed E-state index contributed by atoms with van der Waals surface area (Å²) in [7, 11) is 0. The summed E-state index contributed by atoms with van der Waals surface area (Å²) in [6.45, 7) is 14.3. The third-order valence-corrected chi connectivity index (χ3v) is 9.17. The number of hydrogen-bond donors (Lipinski definition) is 1. The Morgan fingerprint density at radius 3 is 2.35 bits per heavy atom. The molecular formula is C40H50N4O7. The first kappa shape index (κ1) is 37.2. The van der Waals surface area contributed by atoms with E-state index in [0.717, 1.165) is 18.4 Å². The number of amides is 4. The zero-order valence-corrected chi connectivity index (χ0v) is 30.7. The second kappa shape index (κ2) is 15.4. The van der Waals surface area contributed by atoms with Crippen LogP contribution in [-0.2, 0) is 26.5 Å².